The van der Waals surface area contributed by atoms with Gasteiger partial charge < -0.3 is 15.7 Å². The minimum atomic E-state index is -0.620. The molecular formula is C12H17ClN2O2. The second-order valence-electron chi connectivity index (χ2n) is 4.57. The first kappa shape index (κ1) is 13.8. The lowest BCUT2D eigenvalue weighted by atomic mass is 10.0. The average Bonchev–Trinajstić information content (AvgIpc) is 2.30. The standard InChI is InChI=1S/C12H17ClN2O2/c1-12(2,7-16)15(3)11(17)8-4-5-10(14)9(13)6-8/h4-6,16H,7,14H2,1-3H3. The molecule has 1 aromatic rings. The first-order valence-corrected chi connectivity index (χ1v) is 5.61. The van der Waals surface area contributed by atoms with Crippen molar-refractivity contribution in [3.05, 3.63) is 28.8 Å². The lowest BCUT2D eigenvalue weighted by molar-refractivity contribution is 0.0473. The van der Waals surface area contributed by atoms with Gasteiger partial charge in [-0.1, -0.05) is 11.6 Å². The molecule has 5 heteroatoms. The van der Waals surface area contributed by atoms with E-state index in [1.165, 1.54) is 11.0 Å². The summed E-state index contributed by atoms with van der Waals surface area (Å²) in [6, 6.07) is 4.74. The summed E-state index contributed by atoms with van der Waals surface area (Å²) >= 11 is 5.87. The lowest BCUT2D eigenvalue weighted by Crippen LogP contribution is -2.47. The zero-order valence-corrected chi connectivity index (χ0v) is 11.0. The van der Waals surface area contributed by atoms with E-state index in [4.69, 9.17) is 17.3 Å². The second kappa shape index (κ2) is 4.94. The number of aliphatic hydroxyl groups excluding tert-OH is 1. The number of rotatable bonds is 3. The zero-order valence-electron chi connectivity index (χ0n) is 10.2. The number of benzene rings is 1. The number of aliphatic hydroxyl groups is 1. The van der Waals surface area contributed by atoms with E-state index in [2.05, 4.69) is 0 Å². The molecule has 3 N–H and O–H groups in total. The van der Waals surface area contributed by atoms with Gasteiger partial charge in [-0.05, 0) is 32.0 Å². The third kappa shape index (κ3) is 2.90. The Morgan fingerprint density at radius 2 is 2.12 bits per heavy atom. The average molecular weight is 257 g/mol. The fourth-order valence-corrected chi connectivity index (χ4v) is 1.42. The molecule has 0 bridgehead atoms. The van der Waals surface area contributed by atoms with Gasteiger partial charge in [0, 0.05) is 12.6 Å². The van der Waals surface area contributed by atoms with E-state index in [1.807, 2.05) is 0 Å². The predicted octanol–water partition coefficient (Wildman–Crippen LogP) is 1.77. The number of carbonyl (C=O) groups is 1. The number of carbonyl (C=O) groups excluding carboxylic acids is 1. The Morgan fingerprint density at radius 3 is 2.59 bits per heavy atom. The van der Waals surface area contributed by atoms with Gasteiger partial charge in [0.15, 0.2) is 0 Å². The summed E-state index contributed by atoms with van der Waals surface area (Å²) in [5.74, 6) is -0.203. The van der Waals surface area contributed by atoms with Crippen LogP contribution in [0.4, 0.5) is 5.69 Å². The van der Waals surface area contributed by atoms with E-state index in [0.717, 1.165) is 0 Å². The Morgan fingerprint density at radius 1 is 1.53 bits per heavy atom. The molecule has 0 spiro atoms. The third-order valence-electron chi connectivity index (χ3n) is 2.85. The number of nitrogens with two attached hydrogens (primary N) is 1. The number of anilines is 1. The maximum Gasteiger partial charge on any atom is 0.254 e. The summed E-state index contributed by atoms with van der Waals surface area (Å²) in [4.78, 5) is 13.6. The molecule has 94 valence electrons. The van der Waals surface area contributed by atoms with Crippen LogP contribution in [0.25, 0.3) is 0 Å². The molecule has 0 aromatic heterocycles. The molecule has 0 unspecified atom stereocenters. The normalized spacial score (nSPS) is 11.4. The smallest absolute Gasteiger partial charge is 0.254 e. The number of hydrogen-bond donors (Lipinski definition) is 2. The topological polar surface area (TPSA) is 66.6 Å². The largest absolute Gasteiger partial charge is 0.398 e. The van der Waals surface area contributed by atoms with Crippen LogP contribution in [0.15, 0.2) is 18.2 Å². The minimum Gasteiger partial charge on any atom is -0.398 e. The molecule has 1 rings (SSSR count). The van der Waals surface area contributed by atoms with Gasteiger partial charge in [0.2, 0.25) is 0 Å². The summed E-state index contributed by atoms with van der Waals surface area (Å²) in [7, 11) is 1.64. The van der Waals surface area contributed by atoms with Gasteiger partial charge in [0.25, 0.3) is 5.91 Å². The molecule has 1 aromatic carbocycles. The van der Waals surface area contributed by atoms with Crippen molar-refractivity contribution in [2.75, 3.05) is 19.4 Å². The fourth-order valence-electron chi connectivity index (χ4n) is 1.23. The van der Waals surface area contributed by atoms with Crippen LogP contribution in [0.2, 0.25) is 5.02 Å². The van der Waals surface area contributed by atoms with E-state index >= 15 is 0 Å². The van der Waals surface area contributed by atoms with Crippen LogP contribution < -0.4 is 5.73 Å². The van der Waals surface area contributed by atoms with Crippen LogP contribution in [0.5, 0.6) is 0 Å². The Kier molecular flexibility index (Phi) is 4.01. The molecule has 0 aliphatic carbocycles. The molecule has 0 atom stereocenters. The second-order valence-corrected chi connectivity index (χ2v) is 4.98. The summed E-state index contributed by atoms with van der Waals surface area (Å²) in [5, 5.41) is 9.57. The van der Waals surface area contributed by atoms with Gasteiger partial charge >= 0.3 is 0 Å². The molecule has 0 aliphatic rings. The fraction of sp³-hybridized carbons (Fsp3) is 0.417. The van der Waals surface area contributed by atoms with Crippen LogP contribution in [0.3, 0.4) is 0 Å². The quantitative estimate of drug-likeness (QED) is 0.810. The molecule has 0 fully saturated rings. The molecule has 0 saturated heterocycles. The Labute approximate surface area is 106 Å². The van der Waals surface area contributed by atoms with Crippen molar-refractivity contribution in [3.63, 3.8) is 0 Å². The maximum atomic E-state index is 12.1. The number of nitrogen functional groups attached to an aromatic ring is 1. The molecule has 0 radical (unpaired) electrons. The minimum absolute atomic E-state index is 0.113. The van der Waals surface area contributed by atoms with Crippen molar-refractivity contribution in [1.82, 2.24) is 4.90 Å². The van der Waals surface area contributed by atoms with Crippen molar-refractivity contribution in [2.24, 2.45) is 0 Å². The van der Waals surface area contributed by atoms with Crippen LogP contribution in [0, 0.1) is 0 Å². The molecule has 0 saturated carbocycles. The van der Waals surface area contributed by atoms with E-state index in [9.17, 15) is 9.90 Å². The van der Waals surface area contributed by atoms with E-state index in [1.54, 1.807) is 33.0 Å². The van der Waals surface area contributed by atoms with Gasteiger partial charge in [0.05, 0.1) is 22.9 Å². The molecule has 17 heavy (non-hydrogen) atoms. The van der Waals surface area contributed by atoms with E-state index in [0.29, 0.717) is 16.3 Å². The zero-order chi connectivity index (χ0) is 13.2. The van der Waals surface area contributed by atoms with Crippen molar-refractivity contribution in [1.29, 1.82) is 0 Å². The van der Waals surface area contributed by atoms with Crippen LogP contribution in [0.1, 0.15) is 24.2 Å². The van der Waals surface area contributed by atoms with Gasteiger partial charge in [0.1, 0.15) is 0 Å². The first-order valence-electron chi connectivity index (χ1n) is 5.23. The Hall–Kier alpha value is -1.26. The van der Waals surface area contributed by atoms with Gasteiger partial charge in [-0.3, -0.25) is 4.79 Å². The molecule has 0 aliphatic heterocycles. The van der Waals surface area contributed by atoms with Gasteiger partial charge in [-0.2, -0.15) is 0 Å². The predicted molar refractivity (Wildman–Crippen MR) is 69.1 cm³/mol. The maximum absolute atomic E-state index is 12.1. The number of amides is 1. The Bertz CT molecular complexity index is 433. The van der Waals surface area contributed by atoms with Crippen LogP contribution >= 0.6 is 11.6 Å². The summed E-state index contributed by atoms with van der Waals surface area (Å²) in [5.41, 5.74) is 5.85. The van der Waals surface area contributed by atoms with Crippen LogP contribution in [-0.2, 0) is 0 Å². The van der Waals surface area contributed by atoms with Gasteiger partial charge in [-0.15, -0.1) is 0 Å². The highest BCUT2D eigenvalue weighted by molar-refractivity contribution is 6.33. The number of likely N-dealkylation sites (N-methyl/N-ethyl adjacent to an activating group) is 1. The highest BCUT2D eigenvalue weighted by atomic mass is 35.5. The van der Waals surface area contributed by atoms with Crippen LogP contribution in [-0.4, -0.2) is 35.1 Å². The lowest BCUT2D eigenvalue weighted by Gasteiger charge is -2.34. The number of nitrogens with zero attached hydrogens (tertiary/aromatic N) is 1. The van der Waals surface area contributed by atoms with Crippen molar-refractivity contribution >= 4 is 23.2 Å². The van der Waals surface area contributed by atoms with Crippen molar-refractivity contribution in [2.45, 2.75) is 19.4 Å². The molecule has 0 heterocycles. The van der Waals surface area contributed by atoms with E-state index in [-0.39, 0.29) is 12.5 Å². The SMILES string of the molecule is CN(C(=O)c1ccc(N)c(Cl)c1)C(C)(C)CO. The Balaban J connectivity index is 3.01. The van der Waals surface area contributed by atoms with Crippen molar-refractivity contribution < 1.29 is 9.90 Å². The molecular weight excluding hydrogens is 240 g/mol. The third-order valence-corrected chi connectivity index (χ3v) is 3.17. The number of hydrogen-bond acceptors (Lipinski definition) is 3. The number of halogens is 1. The highest BCUT2D eigenvalue weighted by Gasteiger charge is 2.27. The summed E-state index contributed by atoms with van der Waals surface area (Å²) in [6.45, 7) is 3.45. The summed E-state index contributed by atoms with van der Waals surface area (Å²) in [6.07, 6.45) is 0. The summed E-state index contributed by atoms with van der Waals surface area (Å²) < 4.78 is 0. The monoisotopic (exact) mass is 256 g/mol. The van der Waals surface area contributed by atoms with E-state index < -0.39 is 5.54 Å². The van der Waals surface area contributed by atoms with Crippen molar-refractivity contribution in [3.8, 4) is 0 Å². The highest BCUT2D eigenvalue weighted by Crippen LogP contribution is 2.22. The van der Waals surface area contributed by atoms with Gasteiger partial charge in [-0.25, -0.2) is 0 Å². The molecule has 1 amide bonds. The molecule has 4 nitrogen and oxygen atoms in total. The first-order chi connectivity index (χ1) is 7.79.